The molecule has 0 aliphatic carbocycles. The molecular formula is C12H15BrClNO2. The second kappa shape index (κ2) is 7.69. The van der Waals surface area contributed by atoms with Crippen molar-refractivity contribution in [2.75, 3.05) is 19.6 Å². The lowest BCUT2D eigenvalue weighted by molar-refractivity contribution is -0.121. The summed E-state index contributed by atoms with van der Waals surface area (Å²) in [6.07, 6.45) is 0.352. The van der Waals surface area contributed by atoms with Gasteiger partial charge >= 0.3 is 0 Å². The molecule has 1 rings (SSSR count). The van der Waals surface area contributed by atoms with Crippen molar-refractivity contribution in [1.82, 2.24) is 5.32 Å². The number of hydrogen-bond acceptors (Lipinski definition) is 2. The zero-order valence-electron chi connectivity index (χ0n) is 9.58. The molecular weight excluding hydrogens is 305 g/mol. The van der Waals surface area contributed by atoms with Crippen LogP contribution in [0.4, 0.5) is 0 Å². The molecule has 1 aromatic rings. The van der Waals surface area contributed by atoms with Gasteiger partial charge in [-0.2, -0.15) is 0 Å². The van der Waals surface area contributed by atoms with Crippen LogP contribution in [-0.2, 0) is 16.0 Å². The van der Waals surface area contributed by atoms with Crippen LogP contribution in [0.1, 0.15) is 5.56 Å². The van der Waals surface area contributed by atoms with E-state index in [1.165, 1.54) is 0 Å². The molecule has 1 atom stereocenters. The first-order valence-electron chi connectivity index (χ1n) is 5.24. The summed E-state index contributed by atoms with van der Waals surface area (Å²) in [4.78, 5) is 11.7. The van der Waals surface area contributed by atoms with Crippen LogP contribution < -0.4 is 5.32 Å². The second-order valence-electron chi connectivity index (χ2n) is 3.68. The number of hydrogen-bond donors (Lipinski definition) is 1. The van der Waals surface area contributed by atoms with E-state index in [9.17, 15) is 4.79 Å². The van der Waals surface area contributed by atoms with E-state index in [1.807, 2.05) is 24.3 Å². The Hall–Kier alpha value is -0.580. The predicted octanol–water partition coefficient (Wildman–Crippen LogP) is 2.36. The number of rotatable bonds is 6. The van der Waals surface area contributed by atoms with E-state index in [1.54, 1.807) is 7.11 Å². The van der Waals surface area contributed by atoms with Gasteiger partial charge in [-0.15, -0.1) is 11.6 Å². The number of methoxy groups -OCH3 is 1. The second-order valence-corrected chi connectivity index (χ2v) is 4.90. The maximum atomic E-state index is 11.7. The van der Waals surface area contributed by atoms with E-state index in [2.05, 4.69) is 21.2 Å². The highest BCUT2D eigenvalue weighted by Crippen LogP contribution is 2.10. The summed E-state index contributed by atoms with van der Waals surface area (Å²) in [6.45, 7) is 0.426. The molecule has 0 fully saturated rings. The van der Waals surface area contributed by atoms with Crippen molar-refractivity contribution in [2.45, 2.75) is 12.5 Å². The van der Waals surface area contributed by atoms with Crippen LogP contribution in [0, 0.1) is 0 Å². The van der Waals surface area contributed by atoms with Crippen LogP contribution in [0.5, 0.6) is 0 Å². The number of ether oxygens (including phenoxy) is 1. The molecule has 0 radical (unpaired) electrons. The highest BCUT2D eigenvalue weighted by molar-refractivity contribution is 9.10. The Labute approximate surface area is 115 Å². The minimum Gasteiger partial charge on any atom is -0.383 e. The maximum absolute atomic E-state index is 11.7. The van der Waals surface area contributed by atoms with Crippen molar-refractivity contribution in [3.8, 4) is 0 Å². The van der Waals surface area contributed by atoms with E-state index in [0.717, 1.165) is 10.0 Å². The highest BCUT2D eigenvalue weighted by atomic mass is 79.9. The van der Waals surface area contributed by atoms with E-state index < -0.39 is 0 Å². The predicted molar refractivity (Wildman–Crippen MR) is 72.4 cm³/mol. The summed E-state index contributed by atoms with van der Waals surface area (Å²) in [5.74, 6) is 0.301. The summed E-state index contributed by atoms with van der Waals surface area (Å²) in [7, 11) is 1.58. The summed E-state index contributed by atoms with van der Waals surface area (Å²) in [5.41, 5.74) is 0.969. The third-order valence-corrected chi connectivity index (χ3v) is 3.10. The van der Waals surface area contributed by atoms with Gasteiger partial charge in [0.1, 0.15) is 0 Å². The Balaban J connectivity index is 2.46. The summed E-state index contributed by atoms with van der Waals surface area (Å²) < 4.78 is 5.96. The van der Waals surface area contributed by atoms with Crippen LogP contribution >= 0.6 is 27.5 Å². The average molecular weight is 321 g/mol. The Morgan fingerprint density at radius 3 is 2.65 bits per heavy atom. The molecule has 94 valence electrons. The molecule has 0 spiro atoms. The van der Waals surface area contributed by atoms with Crippen molar-refractivity contribution < 1.29 is 9.53 Å². The molecule has 1 N–H and O–H groups in total. The topological polar surface area (TPSA) is 38.3 Å². The standard InChI is InChI=1S/C12H15BrClNO2/c1-17-8-11(7-14)15-12(16)6-9-2-4-10(13)5-3-9/h2-5,11H,6-8H2,1H3,(H,15,16). The molecule has 0 aliphatic heterocycles. The Morgan fingerprint density at radius 2 is 2.12 bits per heavy atom. The number of alkyl halides is 1. The van der Waals surface area contributed by atoms with Gasteiger partial charge in [-0.25, -0.2) is 0 Å². The molecule has 0 aromatic heterocycles. The fraction of sp³-hybridized carbons (Fsp3) is 0.417. The normalized spacial score (nSPS) is 12.2. The number of amides is 1. The van der Waals surface area contributed by atoms with Gasteiger partial charge in [0, 0.05) is 17.5 Å². The van der Waals surface area contributed by atoms with Gasteiger partial charge in [0.05, 0.1) is 19.1 Å². The zero-order valence-corrected chi connectivity index (χ0v) is 11.9. The van der Waals surface area contributed by atoms with Gasteiger partial charge in [0.15, 0.2) is 0 Å². The van der Waals surface area contributed by atoms with E-state index in [4.69, 9.17) is 16.3 Å². The zero-order chi connectivity index (χ0) is 12.7. The van der Waals surface area contributed by atoms with Crippen molar-refractivity contribution >= 4 is 33.4 Å². The quantitative estimate of drug-likeness (QED) is 0.817. The fourth-order valence-electron chi connectivity index (χ4n) is 1.39. The molecule has 5 heteroatoms. The summed E-state index contributed by atoms with van der Waals surface area (Å²) in [6, 6.07) is 7.52. The lowest BCUT2D eigenvalue weighted by atomic mass is 10.1. The van der Waals surface area contributed by atoms with E-state index in [0.29, 0.717) is 18.9 Å². The number of halogens is 2. The van der Waals surface area contributed by atoms with E-state index in [-0.39, 0.29) is 11.9 Å². The molecule has 0 saturated carbocycles. The Morgan fingerprint density at radius 1 is 1.47 bits per heavy atom. The summed E-state index contributed by atoms with van der Waals surface area (Å²) in [5, 5.41) is 2.82. The molecule has 0 heterocycles. The monoisotopic (exact) mass is 319 g/mol. The average Bonchev–Trinajstić information content (AvgIpc) is 2.31. The minimum atomic E-state index is -0.135. The summed E-state index contributed by atoms with van der Waals surface area (Å²) >= 11 is 9.06. The lowest BCUT2D eigenvalue weighted by Gasteiger charge is -2.14. The van der Waals surface area contributed by atoms with Crippen LogP contribution in [0.15, 0.2) is 28.7 Å². The maximum Gasteiger partial charge on any atom is 0.224 e. The molecule has 3 nitrogen and oxygen atoms in total. The number of benzene rings is 1. The van der Waals surface area contributed by atoms with Gasteiger partial charge in [0.2, 0.25) is 5.91 Å². The SMILES string of the molecule is COCC(CCl)NC(=O)Cc1ccc(Br)cc1. The highest BCUT2D eigenvalue weighted by Gasteiger charge is 2.11. The molecule has 17 heavy (non-hydrogen) atoms. The van der Waals surface area contributed by atoms with Crippen molar-refractivity contribution in [1.29, 1.82) is 0 Å². The van der Waals surface area contributed by atoms with Crippen molar-refractivity contribution in [2.24, 2.45) is 0 Å². The Kier molecular flexibility index (Phi) is 6.55. The molecule has 0 aliphatic rings. The first-order valence-corrected chi connectivity index (χ1v) is 6.57. The van der Waals surface area contributed by atoms with Crippen LogP contribution in [0.25, 0.3) is 0 Å². The largest absolute Gasteiger partial charge is 0.383 e. The third-order valence-electron chi connectivity index (χ3n) is 2.20. The molecule has 0 saturated heterocycles. The van der Waals surface area contributed by atoms with Gasteiger partial charge in [-0.05, 0) is 17.7 Å². The van der Waals surface area contributed by atoms with Crippen LogP contribution in [0.2, 0.25) is 0 Å². The lowest BCUT2D eigenvalue weighted by Crippen LogP contribution is -2.40. The van der Waals surface area contributed by atoms with E-state index >= 15 is 0 Å². The van der Waals surface area contributed by atoms with Crippen LogP contribution in [-0.4, -0.2) is 31.5 Å². The van der Waals surface area contributed by atoms with Crippen molar-refractivity contribution in [3.05, 3.63) is 34.3 Å². The fourth-order valence-corrected chi connectivity index (χ4v) is 1.82. The first-order chi connectivity index (χ1) is 8.15. The van der Waals surface area contributed by atoms with Gasteiger partial charge < -0.3 is 10.1 Å². The van der Waals surface area contributed by atoms with Gasteiger partial charge in [-0.1, -0.05) is 28.1 Å². The number of nitrogens with one attached hydrogen (secondary N) is 1. The number of carbonyl (C=O) groups excluding carboxylic acids is 1. The van der Waals surface area contributed by atoms with Gasteiger partial charge in [0.25, 0.3) is 0 Å². The smallest absolute Gasteiger partial charge is 0.224 e. The Bertz CT molecular complexity index is 356. The molecule has 0 bridgehead atoms. The van der Waals surface area contributed by atoms with Crippen LogP contribution in [0.3, 0.4) is 0 Å². The van der Waals surface area contributed by atoms with Gasteiger partial charge in [-0.3, -0.25) is 4.79 Å². The molecule has 1 aromatic carbocycles. The van der Waals surface area contributed by atoms with Crippen molar-refractivity contribution in [3.63, 3.8) is 0 Å². The first kappa shape index (κ1) is 14.5. The molecule has 1 unspecified atom stereocenters. The third kappa shape index (κ3) is 5.52. The molecule has 1 amide bonds. The minimum absolute atomic E-state index is 0.0463. The number of carbonyl (C=O) groups is 1.